The van der Waals surface area contributed by atoms with Gasteiger partial charge in [0.05, 0.1) is 12.2 Å². The minimum absolute atomic E-state index is 0.00640. The Hall–Kier alpha value is -3.78. The highest BCUT2D eigenvalue weighted by Crippen LogP contribution is 2.38. The van der Waals surface area contributed by atoms with Crippen molar-refractivity contribution < 1.29 is 40.9 Å². The summed E-state index contributed by atoms with van der Waals surface area (Å²) in [4.78, 5) is 43.2. The van der Waals surface area contributed by atoms with E-state index in [0.29, 0.717) is 17.7 Å². The van der Waals surface area contributed by atoms with Gasteiger partial charge in [0.15, 0.2) is 0 Å². The second kappa shape index (κ2) is 11.1. The molecular formula is C24H27F5N6O4. The molecule has 2 atom stereocenters. The molecule has 1 aliphatic carbocycles. The topological polar surface area (TPSA) is 129 Å². The summed E-state index contributed by atoms with van der Waals surface area (Å²) in [6, 6.07) is -1.19. The number of urea groups is 1. The van der Waals surface area contributed by atoms with E-state index >= 15 is 0 Å². The standard InChI is InChI=1S/C24H27F5N6O4/c1-2-16-15(12-39-34-16)20(36)33-19(14-3-6-23(25,26)7-4-14)21(37)32-18-9-13(5-8-30-18)10-35-11-17(24(27,28)29)31-22(35)38/h5,8-9,12,14,17,19H,2-4,6-7,10-11H2,1H3,(H,31,38)(H,33,36)(H,30,32,37)/t17-,19-/m0/s1. The van der Waals surface area contributed by atoms with Crippen molar-refractivity contribution in [3.63, 3.8) is 0 Å². The molecule has 0 bridgehead atoms. The maximum absolute atomic E-state index is 13.8. The van der Waals surface area contributed by atoms with Crippen molar-refractivity contribution in [2.45, 2.75) is 69.8 Å². The number of amides is 4. The molecule has 0 radical (unpaired) electrons. The van der Waals surface area contributed by atoms with Gasteiger partial charge >= 0.3 is 12.2 Å². The summed E-state index contributed by atoms with van der Waals surface area (Å²) in [7, 11) is 0. The lowest BCUT2D eigenvalue weighted by Crippen LogP contribution is -2.50. The van der Waals surface area contributed by atoms with Crippen molar-refractivity contribution in [3.8, 4) is 0 Å². The molecule has 2 fully saturated rings. The first kappa shape index (κ1) is 28.2. The normalized spacial score (nSPS) is 20.4. The Bertz CT molecular complexity index is 1210. The summed E-state index contributed by atoms with van der Waals surface area (Å²) in [5, 5.41) is 10.8. The molecule has 39 heavy (non-hydrogen) atoms. The van der Waals surface area contributed by atoms with Crippen molar-refractivity contribution in [2.75, 3.05) is 11.9 Å². The maximum Gasteiger partial charge on any atom is 0.410 e. The Balaban J connectivity index is 1.47. The van der Waals surface area contributed by atoms with E-state index in [2.05, 4.69) is 20.8 Å². The number of anilines is 1. The van der Waals surface area contributed by atoms with Crippen LogP contribution in [0.2, 0.25) is 0 Å². The summed E-state index contributed by atoms with van der Waals surface area (Å²) in [6.07, 6.45) is -2.64. The highest BCUT2D eigenvalue weighted by molar-refractivity contribution is 6.01. The molecule has 3 N–H and O–H groups in total. The molecule has 0 aromatic carbocycles. The number of carbonyl (C=O) groups is 3. The average Bonchev–Trinajstić information content (AvgIpc) is 3.49. The van der Waals surface area contributed by atoms with Crippen LogP contribution in [-0.4, -0.2) is 63.6 Å². The third kappa shape index (κ3) is 6.81. The fourth-order valence-electron chi connectivity index (χ4n) is 4.69. The number of pyridine rings is 1. The number of nitrogens with one attached hydrogen (secondary N) is 3. The highest BCUT2D eigenvalue weighted by atomic mass is 19.4. The van der Waals surface area contributed by atoms with Gasteiger partial charge in [0.25, 0.3) is 5.91 Å². The molecule has 2 aromatic heterocycles. The van der Waals surface area contributed by atoms with Crippen LogP contribution < -0.4 is 16.0 Å². The third-order valence-corrected chi connectivity index (χ3v) is 6.86. The van der Waals surface area contributed by atoms with Crippen LogP contribution in [0.3, 0.4) is 0 Å². The van der Waals surface area contributed by atoms with Gasteiger partial charge in [-0.25, -0.2) is 18.6 Å². The van der Waals surface area contributed by atoms with E-state index in [9.17, 15) is 36.3 Å². The minimum Gasteiger partial charge on any atom is -0.364 e. The van der Waals surface area contributed by atoms with Crippen LogP contribution in [0.25, 0.3) is 0 Å². The molecule has 0 spiro atoms. The number of hydrogen-bond donors (Lipinski definition) is 3. The number of carbonyl (C=O) groups excluding carboxylic acids is 3. The van der Waals surface area contributed by atoms with Gasteiger partial charge in [-0.1, -0.05) is 12.1 Å². The summed E-state index contributed by atoms with van der Waals surface area (Å²) < 4.78 is 71.3. The van der Waals surface area contributed by atoms with Gasteiger partial charge in [-0.2, -0.15) is 13.2 Å². The molecule has 3 heterocycles. The lowest BCUT2D eigenvalue weighted by Gasteiger charge is -2.33. The van der Waals surface area contributed by atoms with Crippen LogP contribution in [0.4, 0.5) is 32.6 Å². The summed E-state index contributed by atoms with van der Waals surface area (Å²) in [6.45, 7) is 1.01. The number of nitrogens with zero attached hydrogens (tertiary/aromatic N) is 3. The fourth-order valence-corrected chi connectivity index (χ4v) is 4.69. The second-order valence-electron chi connectivity index (χ2n) is 9.64. The van der Waals surface area contributed by atoms with E-state index in [-0.39, 0.29) is 30.8 Å². The molecule has 212 valence electrons. The van der Waals surface area contributed by atoms with Gasteiger partial charge < -0.3 is 25.4 Å². The number of aryl methyl sites for hydroxylation is 1. The molecule has 1 saturated carbocycles. The van der Waals surface area contributed by atoms with Gasteiger partial charge in [-0.15, -0.1) is 0 Å². The van der Waals surface area contributed by atoms with Crippen LogP contribution in [0.15, 0.2) is 29.1 Å². The van der Waals surface area contributed by atoms with Crippen molar-refractivity contribution in [2.24, 2.45) is 5.92 Å². The first-order chi connectivity index (χ1) is 18.4. The SMILES string of the molecule is CCc1nocc1C(=O)N[C@H](C(=O)Nc1cc(CN2C[C@@H](C(F)(F)F)NC2=O)ccn1)C1CCC(F)(F)CC1. The molecule has 4 rings (SSSR count). The zero-order valence-corrected chi connectivity index (χ0v) is 20.9. The highest BCUT2D eigenvalue weighted by Gasteiger charge is 2.47. The Morgan fingerprint density at radius 1 is 1.28 bits per heavy atom. The average molecular weight is 559 g/mol. The van der Waals surface area contributed by atoms with Crippen molar-refractivity contribution >= 4 is 23.7 Å². The Labute approximate surface area is 219 Å². The quantitative estimate of drug-likeness (QED) is 0.425. The number of halogens is 5. The first-order valence-electron chi connectivity index (χ1n) is 12.4. The number of aromatic nitrogens is 2. The number of alkyl halides is 5. The van der Waals surface area contributed by atoms with Crippen molar-refractivity contribution in [1.29, 1.82) is 0 Å². The van der Waals surface area contributed by atoms with E-state index in [1.54, 1.807) is 6.92 Å². The van der Waals surface area contributed by atoms with Crippen molar-refractivity contribution in [3.05, 3.63) is 41.4 Å². The van der Waals surface area contributed by atoms with E-state index in [1.807, 2.05) is 5.32 Å². The smallest absolute Gasteiger partial charge is 0.364 e. The largest absolute Gasteiger partial charge is 0.410 e. The van der Waals surface area contributed by atoms with Gasteiger partial charge in [0, 0.05) is 25.6 Å². The summed E-state index contributed by atoms with van der Waals surface area (Å²) in [5.74, 6) is -4.77. The maximum atomic E-state index is 13.8. The third-order valence-electron chi connectivity index (χ3n) is 6.86. The minimum atomic E-state index is -4.59. The van der Waals surface area contributed by atoms with Crippen LogP contribution >= 0.6 is 0 Å². The molecule has 1 aliphatic heterocycles. The molecule has 1 saturated heterocycles. The zero-order chi connectivity index (χ0) is 28.4. The second-order valence-corrected chi connectivity index (χ2v) is 9.64. The van der Waals surface area contributed by atoms with E-state index in [1.165, 1.54) is 18.3 Å². The Morgan fingerprint density at radius 2 is 2.00 bits per heavy atom. The molecule has 15 heteroatoms. The monoisotopic (exact) mass is 558 g/mol. The molecule has 2 aliphatic rings. The van der Waals surface area contributed by atoms with Gasteiger partial charge in [-0.3, -0.25) is 9.59 Å². The predicted molar refractivity (Wildman–Crippen MR) is 126 cm³/mol. The fraction of sp³-hybridized carbons (Fsp3) is 0.542. The molecule has 2 aromatic rings. The van der Waals surface area contributed by atoms with E-state index < -0.39 is 67.3 Å². The molecule has 4 amide bonds. The molecular weight excluding hydrogens is 531 g/mol. The Morgan fingerprint density at radius 3 is 2.64 bits per heavy atom. The van der Waals surface area contributed by atoms with Crippen LogP contribution in [-0.2, 0) is 17.8 Å². The van der Waals surface area contributed by atoms with E-state index in [0.717, 1.165) is 11.2 Å². The Kier molecular flexibility index (Phi) is 8.07. The molecule has 0 unspecified atom stereocenters. The lowest BCUT2D eigenvalue weighted by molar-refractivity contribution is -0.149. The van der Waals surface area contributed by atoms with Crippen LogP contribution in [0, 0.1) is 5.92 Å². The zero-order valence-electron chi connectivity index (χ0n) is 20.9. The summed E-state index contributed by atoms with van der Waals surface area (Å²) >= 11 is 0. The van der Waals surface area contributed by atoms with E-state index in [4.69, 9.17) is 4.52 Å². The first-order valence-corrected chi connectivity index (χ1v) is 12.4. The lowest BCUT2D eigenvalue weighted by atomic mass is 9.81. The van der Waals surface area contributed by atoms with Crippen LogP contribution in [0.1, 0.15) is 54.2 Å². The van der Waals surface area contributed by atoms with Gasteiger partial charge in [0.2, 0.25) is 11.8 Å². The number of hydrogen-bond acceptors (Lipinski definition) is 6. The van der Waals surface area contributed by atoms with Gasteiger partial charge in [-0.05, 0) is 42.9 Å². The van der Waals surface area contributed by atoms with Crippen LogP contribution in [0.5, 0.6) is 0 Å². The number of rotatable bonds is 8. The van der Waals surface area contributed by atoms with Gasteiger partial charge in [0.1, 0.15) is 29.7 Å². The predicted octanol–water partition coefficient (Wildman–Crippen LogP) is 3.65. The van der Waals surface area contributed by atoms with Crippen molar-refractivity contribution in [1.82, 2.24) is 25.7 Å². The summed E-state index contributed by atoms with van der Waals surface area (Å²) in [5.41, 5.74) is 0.890. The molecule has 10 nitrogen and oxygen atoms in total.